The molecule has 0 saturated carbocycles. The van der Waals surface area contributed by atoms with Gasteiger partial charge in [0.05, 0.1) is 17.6 Å². The van der Waals surface area contributed by atoms with Crippen molar-refractivity contribution in [1.29, 1.82) is 0 Å². The summed E-state index contributed by atoms with van der Waals surface area (Å²) in [5.41, 5.74) is 1.81. The summed E-state index contributed by atoms with van der Waals surface area (Å²) in [7, 11) is 0. The number of aromatic nitrogens is 2. The second-order valence-electron chi connectivity index (χ2n) is 6.39. The molecule has 2 unspecified atom stereocenters. The minimum Gasteiger partial charge on any atom is -0.396 e. The molecule has 1 heterocycles. The van der Waals surface area contributed by atoms with Crippen molar-refractivity contribution < 1.29 is 9.90 Å². The maximum absolute atomic E-state index is 13.0. The van der Waals surface area contributed by atoms with Crippen LogP contribution in [0.2, 0.25) is 0 Å². The second kappa shape index (κ2) is 8.29. The van der Waals surface area contributed by atoms with Crippen LogP contribution in [0.15, 0.2) is 24.3 Å². The molecule has 132 valence electrons. The van der Waals surface area contributed by atoms with Crippen LogP contribution in [0.5, 0.6) is 0 Å². The molecule has 1 aromatic heterocycles. The van der Waals surface area contributed by atoms with Crippen molar-refractivity contribution in [2.24, 2.45) is 0 Å². The molecule has 0 radical (unpaired) electrons. The first-order valence-corrected chi connectivity index (χ1v) is 8.89. The molecule has 0 fully saturated rings. The third kappa shape index (κ3) is 3.78. The van der Waals surface area contributed by atoms with Crippen molar-refractivity contribution in [2.45, 2.75) is 65.6 Å². The zero-order valence-electron chi connectivity index (χ0n) is 15.2. The molecule has 0 aliphatic rings. The van der Waals surface area contributed by atoms with E-state index in [0.717, 1.165) is 29.7 Å². The van der Waals surface area contributed by atoms with Gasteiger partial charge in [0.1, 0.15) is 12.4 Å². The summed E-state index contributed by atoms with van der Waals surface area (Å²) < 4.78 is 1.95. The quantitative estimate of drug-likeness (QED) is 0.809. The molecule has 2 atom stereocenters. The lowest BCUT2D eigenvalue weighted by Gasteiger charge is -2.34. The fraction of sp³-hybridized carbons (Fsp3) is 0.579. The number of fused-ring (bicyclic) bond motifs is 1. The lowest BCUT2D eigenvalue weighted by Crippen LogP contribution is -2.45. The van der Waals surface area contributed by atoms with Gasteiger partial charge < -0.3 is 14.6 Å². The van der Waals surface area contributed by atoms with E-state index < -0.39 is 0 Å². The first-order valence-electron chi connectivity index (χ1n) is 8.89. The van der Waals surface area contributed by atoms with Crippen LogP contribution in [-0.2, 0) is 17.8 Å². The highest BCUT2D eigenvalue weighted by molar-refractivity contribution is 5.81. The van der Waals surface area contributed by atoms with E-state index in [2.05, 4.69) is 32.7 Å². The number of carbonyl (C=O) groups is 1. The summed E-state index contributed by atoms with van der Waals surface area (Å²) in [6.45, 7) is 8.71. The van der Waals surface area contributed by atoms with Crippen molar-refractivity contribution in [3.8, 4) is 0 Å². The van der Waals surface area contributed by atoms with Crippen molar-refractivity contribution >= 4 is 16.9 Å². The van der Waals surface area contributed by atoms with Crippen LogP contribution in [0.25, 0.3) is 11.0 Å². The van der Waals surface area contributed by atoms with Gasteiger partial charge in [-0.25, -0.2) is 4.98 Å². The highest BCUT2D eigenvalue weighted by Crippen LogP contribution is 2.19. The smallest absolute Gasteiger partial charge is 0.243 e. The highest BCUT2D eigenvalue weighted by atomic mass is 16.3. The summed E-state index contributed by atoms with van der Waals surface area (Å²) in [6, 6.07) is 8.24. The van der Waals surface area contributed by atoms with Crippen LogP contribution in [0.3, 0.4) is 0 Å². The molecular weight excluding hydrogens is 302 g/mol. The Morgan fingerprint density at radius 3 is 2.42 bits per heavy atom. The number of aliphatic hydroxyl groups excluding tert-OH is 1. The Morgan fingerprint density at radius 1 is 1.21 bits per heavy atom. The number of benzene rings is 1. The normalized spacial score (nSPS) is 13.9. The summed E-state index contributed by atoms with van der Waals surface area (Å²) in [6.07, 6.45) is 2.32. The van der Waals surface area contributed by atoms with E-state index in [0.29, 0.717) is 6.42 Å². The predicted octanol–water partition coefficient (Wildman–Crippen LogP) is 3.00. The third-order valence-corrected chi connectivity index (χ3v) is 4.78. The van der Waals surface area contributed by atoms with Crippen LogP contribution in [0.1, 0.15) is 46.4 Å². The highest BCUT2D eigenvalue weighted by Gasteiger charge is 2.25. The molecule has 0 aliphatic heterocycles. The summed E-state index contributed by atoms with van der Waals surface area (Å²) in [5, 5.41) is 9.32. The van der Waals surface area contributed by atoms with E-state index in [1.807, 2.05) is 33.7 Å². The Bertz CT molecular complexity index is 670. The van der Waals surface area contributed by atoms with Crippen molar-refractivity contribution in [2.75, 3.05) is 6.61 Å². The van der Waals surface area contributed by atoms with Gasteiger partial charge in [0, 0.05) is 18.5 Å². The molecule has 5 nitrogen and oxygen atoms in total. The van der Waals surface area contributed by atoms with Crippen LogP contribution < -0.4 is 0 Å². The molecule has 0 saturated heterocycles. The first kappa shape index (κ1) is 18.5. The summed E-state index contributed by atoms with van der Waals surface area (Å²) in [4.78, 5) is 19.6. The molecule has 0 bridgehead atoms. The lowest BCUT2D eigenvalue weighted by molar-refractivity contribution is -0.136. The maximum Gasteiger partial charge on any atom is 0.243 e. The van der Waals surface area contributed by atoms with E-state index in [4.69, 9.17) is 0 Å². The van der Waals surface area contributed by atoms with Gasteiger partial charge in [-0.3, -0.25) is 4.79 Å². The van der Waals surface area contributed by atoms with Crippen molar-refractivity contribution in [1.82, 2.24) is 14.5 Å². The molecule has 5 heteroatoms. The van der Waals surface area contributed by atoms with E-state index >= 15 is 0 Å². The number of hydrogen-bond acceptors (Lipinski definition) is 3. The van der Waals surface area contributed by atoms with Crippen molar-refractivity contribution in [3.63, 3.8) is 0 Å². The number of carbonyl (C=O) groups excluding carboxylic acids is 1. The fourth-order valence-corrected chi connectivity index (χ4v) is 3.13. The minimum absolute atomic E-state index is 0.0257. The molecule has 2 rings (SSSR count). The minimum atomic E-state index is 0.0257. The number of hydrogen-bond donors (Lipinski definition) is 1. The number of nitrogens with zero attached hydrogens (tertiary/aromatic N) is 3. The second-order valence-corrected chi connectivity index (χ2v) is 6.39. The van der Waals surface area contributed by atoms with E-state index in [1.165, 1.54) is 0 Å². The standard InChI is InChI=1S/C19H29N3O2/c1-5-14(3)22(15(4)6-2)19(24)13-21-17-10-8-7-9-16(17)20-18(21)11-12-23/h7-10,14-15,23H,5-6,11-13H2,1-4H3. The fourth-order valence-electron chi connectivity index (χ4n) is 3.13. The van der Waals surface area contributed by atoms with Crippen LogP contribution in [0.4, 0.5) is 0 Å². The average Bonchev–Trinajstić information content (AvgIpc) is 2.92. The van der Waals surface area contributed by atoms with E-state index in [-0.39, 0.29) is 31.1 Å². The molecule has 0 spiro atoms. The zero-order chi connectivity index (χ0) is 17.7. The van der Waals surface area contributed by atoms with Gasteiger partial charge >= 0.3 is 0 Å². The van der Waals surface area contributed by atoms with Gasteiger partial charge in [0.2, 0.25) is 5.91 Å². The molecule has 1 N–H and O–H groups in total. The van der Waals surface area contributed by atoms with E-state index in [9.17, 15) is 9.90 Å². The first-order chi connectivity index (χ1) is 11.5. The Morgan fingerprint density at radius 2 is 1.83 bits per heavy atom. The molecule has 24 heavy (non-hydrogen) atoms. The summed E-state index contributed by atoms with van der Waals surface area (Å²) in [5.74, 6) is 0.876. The number of para-hydroxylation sites is 2. The Balaban J connectivity index is 2.36. The van der Waals surface area contributed by atoms with Crippen LogP contribution in [-0.4, -0.2) is 44.2 Å². The zero-order valence-corrected chi connectivity index (χ0v) is 15.2. The Hall–Kier alpha value is -1.88. The largest absolute Gasteiger partial charge is 0.396 e. The molecular formula is C19H29N3O2. The predicted molar refractivity (Wildman–Crippen MR) is 96.9 cm³/mol. The monoisotopic (exact) mass is 331 g/mol. The Kier molecular flexibility index (Phi) is 6.37. The number of rotatable bonds is 8. The average molecular weight is 331 g/mol. The third-order valence-electron chi connectivity index (χ3n) is 4.78. The lowest BCUT2D eigenvalue weighted by atomic mass is 10.1. The van der Waals surface area contributed by atoms with Gasteiger partial charge in [-0.2, -0.15) is 0 Å². The SMILES string of the molecule is CCC(C)N(C(=O)Cn1c(CCO)nc2ccccc21)C(C)CC. The van der Waals surface area contributed by atoms with Gasteiger partial charge in [0.25, 0.3) is 0 Å². The molecule has 1 amide bonds. The van der Waals surface area contributed by atoms with Crippen molar-refractivity contribution in [3.05, 3.63) is 30.1 Å². The summed E-state index contributed by atoms with van der Waals surface area (Å²) >= 11 is 0. The van der Waals surface area contributed by atoms with Gasteiger partial charge in [-0.1, -0.05) is 26.0 Å². The number of amides is 1. The van der Waals surface area contributed by atoms with Crippen LogP contribution >= 0.6 is 0 Å². The molecule has 0 aliphatic carbocycles. The number of aliphatic hydroxyl groups is 1. The van der Waals surface area contributed by atoms with Crippen LogP contribution in [0, 0.1) is 0 Å². The van der Waals surface area contributed by atoms with E-state index in [1.54, 1.807) is 0 Å². The maximum atomic E-state index is 13.0. The van der Waals surface area contributed by atoms with Gasteiger partial charge in [-0.15, -0.1) is 0 Å². The molecule has 1 aromatic carbocycles. The Labute approximate surface area is 144 Å². The van der Waals surface area contributed by atoms with Gasteiger partial charge in [-0.05, 0) is 38.8 Å². The van der Waals surface area contributed by atoms with Gasteiger partial charge in [0.15, 0.2) is 0 Å². The number of imidazole rings is 1. The molecule has 2 aromatic rings. The topological polar surface area (TPSA) is 58.4 Å².